The number of aliphatic hydroxyl groups is 1. The van der Waals surface area contributed by atoms with E-state index in [1.807, 2.05) is 0 Å². The standard InChI is InChI=1S/2C12H11P.C6H8O7/c2*1-3-7-11(8-4-1)13-12-9-5-2-6-10-12;7-3(8)1-6(13,5(11)12)2-4(9)10/h2*1-10,13H;13H,1-2H2,(H,7,8)(H,9,10)(H,11,12). The Balaban J connectivity index is 0.000000205. The minimum absolute atomic E-state index is 0.777. The Morgan fingerprint density at radius 1 is 0.487 bits per heavy atom. The first kappa shape index (κ1) is 31.3. The lowest BCUT2D eigenvalue weighted by Crippen LogP contribution is -2.42. The third-order valence-electron chi connectivity index (χ3n) is 4.96. The molecule has 9 heteroatoms. The highest BCUT2D eigenvalue weighted by atomic mass is 31.1. The van der Waals surface area contributed by atoms with E-state index in [4.69, 9.17) is 20.4 Å². The van der Waals surface area contributed by atoms with Crippen LogP contribution >= 0.6 is 17.2 Å². The summed E-state index contributed by atoms with van der Waals surface area (Å²) in [6.07, 6.45) is -2.29. The first-order valence-corrected chi connectivity index (χ1v) is 13.8. The Morgan fingerprint density at radius 3 is 0.897 bits per heavy atom. The molecule has 0 aliphatic rings. The number of carbonyl (C=O) groups is 3. The van der Waals surface area contributed by atoms with Crippen molar-refractivity contribution in [2.75, 3.05) is 0 Å². The monoisotopic (exact) mass is 564 g/mol. The van der Waals surface area contributed by atoms with Gasteiger partial charge in [-0.05, 0) is 21.2 Å². The van der Waals surface area contributed by atoms with Gasteiger partial charge in [-0.1, -0.05) is 138 Å². The molecule has 0 spiro atoms. The zero-order valence-corrected chi connectivity index (χ0v) is 23.0. The van der Waals surface area contributed by atoms with Crippen molar-refractivity contribution in [1.29, 1.82) is 0 Å². The molecule has 4 aromatic carbocycles. The Morgan fingerprint density at radius 2 is 0.718 bits per heavy atom. The van der Waals surface area contributed by atoms with Crippen LogP contribution in [0.25, 0.3) is 0 Å². The van der Waals surface area contributed by atoms with Crippen molar-refractivity contribution in [2.45, 2.75) is 18.4 Å². The van der Waals surface area contributed by atoms with Crippen LogP contribution in [0.5, 0.6) is 0 Å². The number of rotatable bonds is 9. The number of hydrogen-bond acceptors (Lipinski definition) is 4. The summed E-state index contributed by atoms with van der Waals surface area (Å²) in [5.41, 5.74) is -2.74. The number of benzene rings is 4. The SMILES string of the molecule is O=C(O)CC(O)(CC(=O)O)C(=O)O.c1ccc(Pc2ccccc2)cc1.c1ccc(Pc2ccccc2)cc1. The van der Waals surface area contributed by atoms with Crippen LogP contribution in [0.4, 0.5) is 0 Å². The molecule has 0 amide bonds. The molecule has 0 radical (unpaired) electrons. The average molecular weight is 565 g/mol. The fraction of sp³-hybridized carbons (Fsp3) is 0.100. The fourth-order valence-corrected chi connectivity index (χ4v) is 5.24. The third kappa shape index (κ3) is 13.0. The van der Waals surface area contributed by atoms with E-state index in [9.17, 15) is 14.4 Å². The van der Waals surface area contributed by atoms with Gasteiger partial charge in [-0.15, -0.1) is 0 Å². The summed E-state index contributed by atoms with van der Waals surface area (Å²) in [5, 5.41) is 39.4. The predicted molar refractivity (Wildman–Crippen MR) is 158 cm³/mol. The molecule has 7 nitrogen and oxygen atoms in total. The van der Waals surface area contributed by atoms with E-state index in [1.54, 1.807) is 0 Å². The molecule has 0 heterocycles. The van der Waals surface area contributed by atoms with Gasteiger partial charge in [0, 0.05) is 0 Å². The maximum Gasteiger partial charge on any atom is 0.336 e. The second-order valence-electron chi connectivity index (χ2n) is 8.19. The Kier molecular flexibility index (Phi) is 13.5. The lowest BCUT2D eigenvalue weighted by Gasteiger charge is -2.18. The van der Waals surface area contributed by atoms with Crippen LogP contribution in [0.3, 0.4) is 0 Å². The molecule has 4 rings (SSSR count). The van der Waals surface area contributed by atoms with E-state index < -0.39 is 36.4 Å². The Bertz CT molecular complexity index is 1120. The van der Waals surface area contributed by atoms with E-state index in [2.05, 4.69) is 121 Å². The number of carboxylic acid groups (broad SMARTS) is 3. The van der Waals surface area contributed by atoms with Gasteiger partial charge in [0.05, 0.1) is 12.8 Å². The molecule has 4 aromatic rings. The Labute approximate surface area is 230 Å². The molecular weight excluding hydrogens is 534 g/mol. The maximum absolute atomic E-state index is 10.3. The minimum Gasteiger partial charge on any atom is -0.481 e. The zero-order valence-electron chi connectivity index (χ0n) is 21.0. The third-order valence-corrected chi connectivity index (χ3v) is 7.45. The van der Waals surface area contributed by atoms with Crippen LogP contribution < -0.4 is 21.2 Å². The van der Waals surface area contributed by atoms with Gasteiger partial charge < -0.3 is 20.4 Å². The van der Waals surface area contributed by atoms with Crippen LogP contribution in [0.15, 0.2) is 121 Å². The van der Waals surface area contributed by atoms with Crippen molar-refractivity contribution in [3.8, 4) is 0 Å². The first-order valence-electron chi connectivity index (χ1n) is 11.8. The van der Waals surface area contributed by atoms with Crippen molar-refractivity contribution in [3.63, 3.8) is 0 Å². The van der Waals surface area contributed by atoms with Gasteiger partial charge in [0.2, 0.25) is 0 Å². The summed E-state index contributed by atoms with van der Waals surface area (Å²) in [5.74, 6) is -5.02. The van der Waals surface area contributed by atoms with Crippen LogP contribution in [-0.2, 0) is 14.4 Å². The molecule has 0 fully saturated rings. The van der Waals surface area contributed by atoms with Gasteiger partial charge in [-0.3, -0.25) is 9.59 Å². The van der Waals surface area contributed by atoms with Crippen LogP contribution in [0, 0.1) is 0 Å². The number of carboxylic acids is 3. The van der Waals surface area contributed by atoms with E-state index in [0.717, 1.165) is 17.2 Å². The van der Waals surface area contributed by atoms with Gasteiger partial charge in [0.25, 0.3) is 0 Å². The molecule has 0 saturated carbocycles. The van der Waals surface area contributed by atoms with E-state index in [1.165, 1.54) is 21.2 Å². The van der Waals surface area contributed by atoms with Crippen molar-refractivity contribution in [3.05, 3.63) is 121 Å². The minimum atomic E-state index is -2.74. The normalized spacial score (nSPS) is 10.2. The summed E-state index contributed by atoms with van der Waals surface area (Å²) in [6, 6.07) is 42.3. The highest BCUT2D eigenvalue weighted by Crippen LogP contribution is 2.15. The maximum atomic E-state index is 10.3. The van der Waals surface area contributed by atoms with E-state index in [-0.39, 0.29) is 0 Å². The second-order valence-corrected chi connectivity index (χ2v) is 11.0. The molecule has 0 atom stereocenters. The molecule has 202 valence electrons. The van der Waals surface area contributed by atoms with Gasteiger partial charge in [-0.2, -0.15) is 0 Å². The Hall–Kier alpha value is -3.89. The molecule has 39 heavy (non-hydrogen) atoms. The first-order chi connectivity index (χ1) is 18.7. The van der Waals surface area contributed by atoms with Gasteiger partial charge >= 0.3 is 17.9 Å². The fourth-order valence-electron chi connectivity index (χ4n) is 3.13. The van der Waals surface area contributed by atoms with E-state index in [0.29, 0.717) is 0 Å². The topological polar surface area (TPSA) is 132 Å². The summed E-state index contributed by atoms with van der Waals surface area (Å²) in [6.45, 7) is 0. The lowest BCUT2D eigenvalue weighted by molar-refractivity contribution is -0.170. The predicted octanol–water partition coefficient (Wildman–Crippen LogP) is 3.38. The molecule has 0 aliphatic carbocycles. The molecule has 0 aliphatic heterocycles. The lowest BCUT2D eigenvalue weighted by atomic mass is 9.96. The highest BCUT2D eigenvalue weighted by Gasteiger charge is 2.40. The summed E-state index contributed by atoms with van der Waals surface area (Å²) < 4.78 is 0. The van der Waals surface area contributed by atoms with Crippen LogP contribution in [0.1, 0.15) is 12.8 Å². The quantitative estimate of drug-likeness (QED) is 0.229. The van der Waals surface area contributed by atoms with Gasteiger partial charge in [0.1, 0.15) is 0 Å². The summed E-state index contributed by atoms with van der Waals surface area (Å²) >= 11 is 0. The molecule has 0 saturated heterocycles. The van der Waals surface area contributed by atoms with Crippen molar-refractivity contribution in [2.24, 2.45) is 0 Å². The highest BCUT2D eigenvalue weighted by molar-refractivity contribution is 7.55. The molecule has 0 aromatic heterocycles. The molecular formula is C30H30O7P2. The zero-order chi connectivity index (χ0) is 28.5. The van der Waals surface area contributed by atoms with Crippen LogP contribution in [-0.4, -0.2) is 43.9 Å². The molecule has 0 bridgehead atoms. The van der Waals surface area contributed by atoms with Crippen molar-refractivity contribution in [1.82, 2.24) is 0 Å². The number of aliphatic carboxylic acids is 3. The summed E-state index contributed by atoms with van der Waals surface area (Å²) in [7, 11) is 1.55. The number of hydrogen-bond donors (Lipinski definition) is 4. The summed E-state index contributed by atoms with van der Waals surface area (Å²) in [4.78, 5) is 30.5. The smallest absolute Gasteiger partial charge is 0.336 e. The van der Waals surface area contributed by atoms with E-state index >= 15 is 0 Å². The van der Waals surface area contributed by atoms with Crippen molar-refractivity contribution >= 4 is 56.3 Å². The van der Waals surface area contributed by atoms with Gasteiger partial charge in [0.15, 0.2) is 5.60 Å². The average Bonchev–Trinajstić information content (AvgIpc) is 2.91. The van der Waals surface area contributed by atoms with Crippen molar-refractivity contribution < 1.29 is 34.8 Å². The largest absolute Gasteiger partial charge is 0.481 e. The molecule has 0 unspecified atom stereocenters. The van der Waals surface area contributed by atoms with Crippen LogP contribution in [0.2, 0.25) is 0 Å². The van der Waals surface area contributed by atoms with Gasteiger partial charge in [-0.25, -0.2) is 4.79 Å². The second kappa shape index (κ2) is 16.8. The molecule has 4 N–H and O–H groups in total.